The molecule has 0 aliphatic rings. The van der Waals surface area contributed by atoms with Gasteiger partial charge in [-0.15, -0.1) is 0 Å². The van der Waals surface area contributed by atoms with E-state index >= 15 is 0 Å². The zero-order chi connectivity index (χ0) is 11.6. The molecule has 0 radical (unpaired) electrons. The van der Waals surface area contributed by atoms with Crippen molar-refractivity contribution in [3.05, 3.63) is 28.8 Å². The molecule has 0 saturated carbocycles. The number of benzene rings is 1. The number of halogens is 2. The third-order valence-electron chi connectivity index (χ3n) is 1.94. The largest absolute Gasteiger partial charge is 0.398 e. The second-order valence-electron chi connectivity index (χ2n) is 3.00. The van der Waals surface area contributed by atoms with Crippen LogP contribution in [0.25, 0.3) is 0 Å². The van der Waals surface area contributed by atoms with Crippen molar-refractivity contribution in [1.82, 2.24) is 0 Å². The van der Waals surface area contributed by atoms with Crippen molar-refractivity contribution < 1.29 is 13.6 Å². The van der Waals surface area contributed by atoms with Gasteiger partial charge in [0, 0.05) is 11.3 Å². The zero-order valence-corrected chi connectivity index (χ0v) is 7.92. The molecule has 0 aliphatic heterocycles. The van der Waals surface area contributed by atoms with Crippen molar-refractivity contribution in [3.8, 4) is 6.07 Å². The van der Waals surface area contributed by atoms with Crippen LogP contribution in [-0.2, 0) is 0 Å². The minimum absolute atomic E-state index is 0.0992. The van der Waals surface area contributed by atoms with E-state index in [1.807, 2.05) is 0 Å². The molecule has 0 fully saturated rings. The molecule has 1 aromatic rings. The Labute approximate surface area is 85.1 Å². The Bertz CT molecular complexity index is 449. The van der Waals surface area contributed by atoms with Gasteiger partial charge in [-0.1, -0.05) is 0 Å². The molecule has 1 aromatic carbocycles. The van der Waals surface area contributed by atoms with Crippen LogP contribution < -0.4 is 5.73 Å². The highest BCUT2D eigenvalue weighted by Crippen LogP contribution is 2.30. The van der Waals surface area contributed by atoms with Gasteiger partial charge in [-0.25, -0.2) is 8.78 Å². The van der Waals surface area contributed by atoms with Gasteiger partial charge in [-0.2, -0.15) is 5.26 Å². The molecule has 0 aromatic heterocycles. The molecule has 0 spiro atoms. The number of alkyl halides is 2. The maximum atomic E-state index is 12.6. The quantitative estimate of drug-likeness (QED) is 0.601. The fourth-order valence-electron chi connectivity index (χ4n) is 1.28. The summed E-state index contributed by atoms with van der Waals surface area (Å²) in [5.74, 6) is -0.533. The molecule has 2 N–H and O–H groups in total. The van der Waals surface area contributed by atoms with E-state index in [9.17, 15) is 13.6 Å². The summed E-state index contributed by atoms with van der Waals surface area (Å²) in [5, 5.41) is 8.59. The maximum Gasteiger partial charge on any atom is 0.266 e. The van der Waals surface area contributed by atoms with Gasteiger partial charge < -0.3 is 5.73 Å². The zero-order valence-electron chi connectivity index (χ0n) is 7.92. The minimum Gasteiger partial charge on any atom is -0.398 e. The Morgan fingerprint density at radius 2 is 2.13 bits per heavy atom. The van der Waals surface area contributed by atoms with Gasteiger partial charge >= 0.3 is 0 Å². The molecule has 0 saturated heterocycles. The second-order valence-corrected chi connectivity index (χ2v) is 3.00. The number of anilines is 1. The van der Waals surface area contributed by atoms with Crippen LogP contribution in [0.5, 0.6) is 0 Å². The van der Waals surface area contributed by atoms with Crippen LogP contribution in [0.4, 0.5) is 14.5 Å². The van der Waals surface area contributed by atoms with Crippen molar-refractivity contribution in [1.29, 1.82) is 5.26 Å². The molecular formula is C10H8F2N2O. The van der Waals surface area contributed by atoms with Crippen molar-refractivity contribution >= 4 is 11.5 Å². The Balaban J connectivity index is 3.51. The van der Waals surface area contributed by atoms with E-state index in [-0.39, 0.29) is 16.8 Å². The first kappa shape index (κ1) is 11.1. The third kappa shape index (κ3) is 2.10. The van der Waals surface area contributed by atoms with Crippen molar-refractivity contribution in [3.63, 3.8) is 0 Å². The van der Waals surface area contributed by atoms with Gasteiger partial charge in [-0.3, -0.25) is 4.79 Å². The molecule has 0 atom stereocenters. The monoisotopic (exact) mass is 210 g/mol. The average molecular weight is 210 g/mol. The SMILES string of the molecule is CC(=O)c1cc(C#N)cc(N)c1C(F)F. The number of hydrogen-bond acceptors (Lipinski definition) is 3. The predicted octanol–water partition coefficient (Wildman–Crippen LogP) is 2.28. The minimum atomic E-state index is -2.82. The molecule has 15 heavy (non-hydrogen) atoms. The fraction of sp³-hybridized carbons (Fsp3) is 0.200. The van der Waals surface area contributed by atoms with E-state index in [2.05, 4.69) is 0 Å². The number of nitrogens with two attached hydrogens (primary N) is 1. The highest BCUT2D eigenvalue weighted by atomic mass is 19.3. The van der Waals surface area contributed by atoms with Crippen LogP contribution in [0, 0.1) is 11.3 Å². The van der Waals surface area contributed by atoms with Gasteiger partial charge in [0.15, 0.2) is 5.78 Å². The fourth-order valence-corrected chi connectivity index (χ4v) is 1.28. The van der Waals surface area contributed by atoms with E-state index in [0.29, 0.717) is 0 Å². The average Bonchev–Trinajstić information content (AvgIpc) is 2.15. The van der Waals surface area contributed by atoms with Crippen molar-refractivity contribution in [2.45, 2.75) is 13.3 Å². The first-order valence-electron chi connectivity index (χ1n) is 4.10. The molecule has 3 nitrogen and oxygen atoms in total. The van der Waals surface area contributed by atoms with Crippen LogP contribution >= 0.6 is 0 Å². The normalized spacial score (nSPS) is 10.1. The third-order valence-corrected chi connectivity index (χ3v) is 1.94. The number of ketones is 1. The summed E-state index contributed by atoms with van der Waals surface area (Å²) in [7, 11) is 0. The van der Waals surface area contributed by atoms with Gasteiger partial charge in [0.1, 0.15) is 0 Å². The standard InChI is InChI=1S/C10H8F2N2O/c1-5(15)7-2-6(4-13)3-8(14)9(7)10(11)12/h2-3,10H,14H2,1H3. The summed E-state index contributed by atoms with van der Waals surface area (Å²) in [6.07, 6.45) is -2.82. The number of rotatable bonds is 2. The number of nitriles is 1. The Hall–Kier alpha value is -1.96. The van der Waals surface area contributed by atoms with Crippen LogP contribution in [0.15, 0.2) is 12.1 Å². The Morgan fingerprint density at radius 1 is 1.53 bits per heavy atom. The van der Waals surface area contributed by atoms with E-state index in [0.717, 1.165) is 19.1 Å². The first-order chi connectivity index (χ1) is 6.97. The molecule has 0 amide bonds. The van der Waals surface area contributed by atoms with Crippen molar-refractivity contribution in [2.24, 2.45) is 0 Å². The summed E-state index contributed by atoms with van der Waals surface area (Å²) in [5.41, 5.74) is 4.53. The Kier molecular flexibility index (Phi) is 3.00. The van der Waals surface area contributed by atoms with Crippen LogP contribution in [0.2, 0.25) is 0 Å². The Morgan fingerprint density at radius 3 is 2.53 bits per heavy atom. The lowest BCUT2D eigenvalue weighted by atomic mass is 10.00. The van der Waals surface area contributed by atoms with E-state index in [1.54, 1.807) is 6.07 Å². The summed E-state index contributed by atoms with van der Waals surface area (Å²) < 4.78 is 25.1. The summed E-state index contributed by atoms with van der Waals surface area (Å²) in [4.78, 5) is 11.1. The van der Waals surface area contributed by atoms with Gasteiger partial charge in [-0.05, 0) is 19.1 Å². The second kappa shape index (κ2) is 4.05. The number of nitrogen functional groups attached to an aromatic ring is 1. The number of nitrogens with zero attached hydrogens (tertiary/aromatic N) is 1. The predicted molar refractivity (Wildman–Crippen MR) is 50.5 cm³/mol. The lowest BCUT2D eigenvalue weighted by molar-refractivity contribution is 0.0999. The number of carbonyl (C=O) groups is 1. The van der Waals surface area contributed by atoms with Gasteiger partial charge in [0.05, 0.1) is 17.2 Å². The molecule has 1 rings (SSSR count). The molecule has 0 unspecified atom stereocenters. The topological polar surface area (TPSA) is 66.9 Å². The highest BCUT2D eigenvalue weighted by Gasteiger charge is 2.20. The molecular weight excluding hydrogens is 202 g/mol. The van der Waals surface area contributed by atoms with Crippen LogP contribution in [0.3, 0.4) is 0 Å². The van der Waals surface area contributed by atoms with Crippen LogP contribution in [-0.4, -0.2) is 5.78 Å². The number of carbonyl (C=O) groups excluding carboxylic acids is 1. The molecule has 0 heterocycles. The molecule has 78 valence electrons. The van der Waals surface area contributed by atoms with Gasteiger partial charge in [0.2, 0.25) is 0 Å². The first-order valence-corrected chi connectivity index (χ1v) is 4.10. The van der Waals surface area contributed by atoms with E-state index < -0.39 is 17.8 Å². The molecule has 5 heteroatoms. The molecule has 0 bridgehead atoms. The van der Waals surface area contributed by atoms with E-state index in [4.69, 9.17) is 11.0 Å². The van der Waals surface area contributed by atoms with Gasteiger partial charge in [0.25, 0.3) is 6.43 Å². The summed E-state index contributed by atoms with van der Waals surface area (Å²) in [6, 6.07) is 4.01. The smallest absolute Gasteiger partial charge is 0.266 e. The lowest BCUT2D eigenvalue weighted by Gasteiger charge is -2.09. The summed E-state index contributed by atoms with van der Waals surface area (Å²) in [6.45, 7) is 1.15. The maximum absolute atomic E-state index is 12.6. The molecule has 0 aliphatic carbocycles. The number of Topliss-reactive ketones (excluding diaryl/α,β-unsaturated/α-hetero) is 1. The number of hydrogen-bond donors (Lipinski definition) is 1. The lowest BCUT2D eigenvalue weighted by Crippen LogP contribution is -2.05. The van der Waals surface area contributed by atoms with Crippen molar-refractivity contribution in [2.75, 3.05) is 5.73 Å². The van der Waals surface area contributed by atoms with E-state index in [1.165, 1.54) is 0 Å². The highest BCUT2D eigenvalue weighted by molar-refractivity contribution is 5.97. The van der Waals surface area contributed by atoms with Crippen LogP contribution in [0.1, 0.15) is 34.8 Å². The summed E-state index contributed by atoms with van der Waals surface area (Å²) >= 11 is 0.